The van der Waals surface area contributed by atoms with Gasteiger partial charge in [-0.15, -0.1) is 0 Å². The SMILES string of the molecule is CC(C)[C@H](NC(=O)[C@H](CO)NC(=O)[C@H](CC(N)=O)NC(=O)c1ccccc1N)C(=O)N[C@@H](Cc1ccccc1)C(=O)N[C@@H](Cc1ccc(O)c([N+](=O)[O-])c1)C(N)=O. The third-order valence-electron chi connectivity index (χ3n) is 8.55. The number of carbonyl (C=O) groups excluding carboxylic acids is 7. The van der Waals surface area contributed by atoms with Gasteiger partial charge in [0.2, 0.25) is 35.4 Å². The Balaban J connectivity index is 1.79. The summed E-state index contributed by atoms with van der Waals surface area (Å²) < 4.78 is 0. The molecule has 3 aromatic carbocycles. The maximum atomic E-state index is 13.8. The van der Waals surface area contributed by atoms with Crippen LogP contribution in [0.1, 0.15) is 41.8 Å². The molecule has 0 saturated heterocycles. The van der Waals surface area contributed by atoms with Crippen LogP contribution in [0.5, 0.6) is 5.75 Å². The first-order valence-corrected chi connectivity index (χ1v) is 17.5. The number of aliphatic hydroxyl groups is 1. The number of amides is 7. The normalized spacial score (nSPS) is 13.5. The van der Waals surface area contributed by atoms with Crippen LogP contribution in [0, 0.1) is 16.0 Å². The summed E-state index contributed by atoms with van der Waals surface area (Å²) in [6.07, 6.45) is -1.10. The van der Waals surface area contributed by atoms with Crippen molar-refractivity contribution >= 4 is 52.7 Å². The summed E-state index contributed by atoms with van der Waals surface area (Å²) in [7, 11) is 0. The summed E-state index contributed by atoms with van der Waals surface area (Å²) in [6.45, 7) is 2.15. The van der Waals surface area contributed by atoms with Crippen LogP contribution in [0.2, 0.25) is 0 Å². The van der Waals surface area contributed by atoms with Gasteiger partial charge in [0.15, 0.2) is 5.75 Å². The van der Waals surface area contributed by atoms with E-state index in [0.717, 1.165) is 12.1 Å². The quantitative estimate of drug-likeness (QED) is 0.0352. The number of hydrogen-bond acceptors (Lipinski definition) is 12. The Hall–Kier alpha value is -7.09. The Labute approximate surface area is 326 Å². The highest BCUT2D eigenvalue weighted by molar-refractivity contribution is 6.03. The number of phenolic OH excluding ortho intramolecular Hbond substituents is 1. The van der Waals surface area contributed by atoms with E-state index in [1.54, 1.807) is 50.2 Å². The average molecular weight is 792 g/mol. The lowest BCUT2D eigenvalue weighted by Crippen LogP contribution is -2.61. The molecule has 304 valence electrons. The number of nitrogens with zero attached hydrogens (tertiary/aromatic N) is 1. The van der Waals surface area contributed by atoms with Gasteiger partial charge in [0.1, 0.15) is 30.2 Å². The van der Waals surface area contributed by atoms with E-state index in [1.165, 1.54) is 24.3 Å². The van der Waals surface area contributed by atoms with Crippen molar-refractivity contribution < 1.29 is 48.7 Å². The second-order valence-corrected chi connectivity index (χ2v) is 13.3. The molecule has 13 N–H and O–H groups in total. The number of phenols is 1. The van der Waals surface area contributed by atoms with Crippen molar-refractivity contribution in [2.24, 2.45) is 17.4 Å². The molecule has 20 heteroatoms. The second-order valence-electron chi connectivity index (χ2n) is 13.3. The Kier molecular flexibility index (Phi) is 16.0. The van der Waals surface area contributed by atoms with E-state index in [1.807, 2.05) is 0 Å². The molecule has 5 atom stereocenters. The monoisotopic (exact) mass is 791 g/mol. The van der Waals surface area contributed by atoms with Gasteiger partial charge in [-0.1, -0.05) is 62.4 Å². The summed E-state index contributed by atoms with van der Waals surface area (Å²) in [5.74, 6) is -7.92. The minimum atomic E-state index is -1.70. The van der Waals surface area contributed by atoms with E-state index in [9.17, 15) is 53.9 Å². The van der Waals surface area contributed by atoms with E-state index in [-0.39, 0.29) is 29.7 Å². The lowest BCUT2D eigenvalue weighted by molar-refractivity contribution is -0.385. The van der Waals surface area contributed by atoms with E-state index < -0.39 is 107 Å². The number of nitro groups is 1. The maximum Gasteiger partial charge on any atom is 0.310 e. The first-order valence-electron chi connectivity index (χ1n) is 17.5. The van der Waals surface area contributed by atoms with Crippen LogP contribution in [0.3, 0.4) is 0 Å². The number of nitrogens with one attached hydrogen (secondary N) is 5. The predicted octanol–water partition coefficient (Wildman–Crippen LogP) is -1.59. The number of aromatic hydroxyl groups is 1. The number of nitro benzene ring substituents is 1. The number of anilines is 1. The van der Waals surface area contributed by atoms with Crippen LogP contribution < -0.4 is 43.8 Å². The summed E-state index contributed by atoms with van der Waals surface area (Å²) in [4.78, 5) is 102. The molecule has 0 bridgehead atoms. The molecule has 3 rings (SSSR count). The summed E-state index contributed by atoms with van der Waals surface area (Å²) in [5, 5.41) is 43.2. The molecule has 0 aliphatic heterocycles. The lowest BCUT2D eigenvalue weighted by Gasteiger charge is -2.28. The highest BCUT2D eigenvalue weighted by Gasteiger charge is 2.34. The van der Waals surface area contributed by atoms with Crippen molar-refractivity contribution in [3.05, 3.63) is 99.6 Å². The topological polar surface area (TPSA) is 341 Å². The molecule has 57 heavy (non-hydrogen) atoms. The van der Waals surface area contributed by atoms with Crippen LogP contribution in [-0.2, 0) is 41.6 Å². The van der Waals surface area contributed by atoms with Gasteiger partial charge in [-0.2, -0.15) is 0 Å². The number of rotatable bonds is 20. The highest BCUT2D eigenvalue weighted by Crippen LogP contribution is 2.27. The number of benzene rings is 3. The minimum absolute atomic E-state index is 0.00460. The van der Waals surface area contributed by atoms with Gasteiger partial charge in [0.25, 0.3) is 5.91 Å². The predicted molar refractivity (Wildman–Crippen MR) is 203 cm³/mol. The summed E-state index contributed by atoms with van der Waals surface area (Å²) in [5.41, 5.74) is 16.9. The Morgan fingerprint density at radius 3 is 1.84 bits per heavy atom. The zero-order valence-electron chi connectivity index (χ0n) is 31.0. The molecule has 0 radical (unpaired) electrons. The van der Waals surface area contributed by atoms with Crippen molar-refractivity contribution in [3.63, 3.8) is 0 Å². The molecule has 7 amide bonds. The molecule has 0 aliphatic carbocycles. The highest BCUT2D eigenvalue weighted by atomic mass is 16.6. The van der Waals surface area contributed by atoms with E-state index in [2.05, 4.69) is 26.6 Å². The van der Waals surface area contributed by atoms with Gasteiger partial charge in [-0.25, -0.2) is 0 Å². The van der Waals surface area contributed by atoms with Crippen molar-refractivity contribution in [2.45, 2.75) is 63.3 Å². The molecule has 0 heterocycles. The van der Waals surface area contributed by atoms with Crippen LogP contribution in [0.15, 0.2) is 72.8 Å². The van der Waals surface area contributed by atoms with Gasteiger partial charge in [0, 0.05) is 24.6 Å². The third kappa shape index (κ3) is 13.0. The van der Waals surface area contributed by atoms with Crippen molar-refractivity contribution in [2.75, 3.05) is 12.3 Å². The Morgan fingerprint density at radius 2 is 1.26 bits per heavy atom. The fourth-order valence-electron chi connectivity index (χ4n) is 5.50. The first kappa shape index (κ1) is 44.3. The minimum Gasteiger partial charge on any atom is -0.502 e. The average Bonchev–Trinajstić information content (AvgIpc) is 3.15. The number of para-hydroxylation sites is 1. The largest absolute Gasteiger partial charge is 0.502 e. The van der Waals surface area contributed by atoms with Gasteiger partial charge < -0.3 is 54.0 Å². The van der Waals surface area contributed by atoms with Crippen LogP contribution in [0.25, 0.3) is 0 Å². The number of primary amides is 2. The Bertz CT molecular complexity index is 1980. The molecule has 0 saturated carbocycles. The summed E-state index contributed by atoms with van der Waals surface area (Å²) in [6, 6.07) is 10.3. The zero-order valence-corrected chi connectivity index (χ0v) is 31.0. The molecular formula is C37H45N9O11. The standard InChI is InChI=1S/C37H45N9O11/c1-19(2)31(45-36(54)27(18-47)44-35(53)26(17-30(39)49)42-33(51)22-10-6-7-11-23(22)38)37(55)43-25(14-20-8-4-3-5-9-20)34(52)41-24(32(40)50)15-21-12-13-29(48)28(16-21)46(56)57/h3-13,16,19,24-27,31,47-48H,14-15,17-18,38H2,1-2H3,(H2,39,49)(H2,40,50)(H,41,52)(H,42,51)(H,43,55)(H,44,53)(H,45,54)/t24-,25-,26-,27-,31-/m0/s1. The number of carbonyl (C=O) groups is 7. The maximum absolute atomic E-state index is 13.8. The molecule has 3 aromatic rings. The van der Waals surface area contributed by atoms with Crippen molar-refractivity contribution in [1.29, 1.82) is 0 Å². The van der Waals surface area contributed by atoms with E-state index in [0.29, 0.717) is 5.56 Å². The van der Waals surface area contributed by atoms with E-state index >= 15 is 0 Å². The molecule has 0 unspecified atom stereocenters. The van der Waals surface area contributed by atoms with Gasteiger partial charge in [-0.3, -0.25) is 43.7 Å². The van der Waals surface area contributed by atoms with E-state index in [4.69, 9.17) is 17.2 Å². The zero-order chi connectivity index (χ0) is 42.4. The molecule has 0 aromatic heterocycles. The van der Waals surface area contributed by atoms with Crippen LogP contribution >= 0.6 is 0 Å². The molecule has 20 nitrogen and oxygen atoms in total. The lowest BCUT2D eigenvalue weighted by atomic mass is 9.99. The van der Waals surface area contributed by atoms with Crippen molar-refractivity contribution in [1.82, 2.24) is 26.6 Å². The fraction of sp³-hybridized carbons (Fsp3) is 0.324. The van der Waals surface area contributed by atoms with Crippen molar-refractivity contribution in [3.8, 4) is 5.75 Å². The second kappa shape index (κ2) is 20.6. The summed E-state index contributed by atoms with van der Waals surface area (Å²) >= 11 is 0. The van der Waals surface area contributed by atoms with Crippen LogP contribution in [-0.4, -0.2) is 93.3 Å². The molecule has 0 fully saturated rings. The number of nitrogens with two attached hydrogens (primary N) is 3. The van der Waals surface area contributed by atoms with Gasteiger partial charge in [0.05, 0.1) is 23.5 Å². The van der Waals surface area contributed by atoms with Gasteiger partial charge in [-0.05, 0) is 35.2 Å². The first-order chi connectivity index (χ1) is 26.9. The molecular weight excluding hydrogens is 746 g/mol. The third-order valence-corrected chi connectivity index (χ3v) is 8.55. The Morgan fingerprint density at radius 1 is 0.702 bits per heavy atom. The number of hydrogen-bond donors (Lipinski definition) is 10. The van der Waals surface area contributed by atoms with Crippen LogP contribution in [0.4, 0.5) is 11.4 Å². The fourth-order valence-corrected chi connectivity index (χ4v) is 5.50. The number of nitrogen functional groups attached to an aromatic ring is 1. The van der Waals surface area contributed by atoms with Gasteiger partial charge >= 0.3 is 5.69 Å². The number of aliphatic hydroxyl groups excluding tert-OH is 1. The molecule has 0 aliphatic rings. The molecule has 0 spiro atoms. The smallest absolute Gasteiger partial charge is 0.310 e.